The average molecular weight is 297 g/mol. The Balaban J connectivity index is 2.14. The molecular formula is C12H6Cl2N2OS. The summed E-state index contributed by atoms with van der Waals surface area (Å²) in [6.45, 7) is 0. The Labute approximate surface area is 117 Å². The molecule has 0 aliphatic heterocycles. The molecule has 0 N–H and O–H groups in total. The molecule has 18 heavy (non-hydrogen) atoms. The first-order valence-electron chi connectivity index (χ1n) is 5.09. The van der Waals surface area contributed by atoms with Crippen molar-refractivity contribution in [1.29, 1.82) is 0 Å². The molecule has 2 heterocycles. The highest BCUT2D eigenvalue weighted by molar-refractivity contribution is 7.21. The topological polar surface area (TPSA) is 34.9 Å². The van der Waals surface area contributed by atoms with Gasteiger partial charge in [-0.15, -0.1) is 11.3 Å². The molecule has 0 saturated carbocycles. The van der Waals surface area contributed by atoms with Crippen LogP contribution in [0, 0.1) is 0 Å². The summed E-state index contributed by atoms with van der Waals surface area (Å²) < 4.78 is 2.17. The smallest absolute Gasteiger partial charge is 0.266 e. The van der Waals surface area contributed by atoms with E-state index in [0.717, 1.165) is 10.1 Å². The molecule has 0 amide bonds. The van der Waals surface area contributed by atoms with E-state index < -0.39 is 0 Å². The fourth-order valence-corrected chi connectivity index (χ4v) is 3.25. The lowest BCUT2D eigenvalue weighted by Crippen LogP contribution is -2.10. The maximum atomic E-state index is 12.2. The number of nitrogens with zero attached hydrogens (tertiary/aromatic N) is 2. The van der Waals surface area contributed by atoms with Crippen molar-refractivity contribution in [3.8, 4) is 0 Å². The summed E-state index contributed by atoms with van der Waals surface area (Å²) in [4.78, 5) is 12.7. The second-order valence-corrected chi connectivity index (χ2v) is 5.52. The molecule has 0 atom stereocenters. The van der Waals surface area contributed by atoms with Crippen LogP contribution in [0.15, 0.2) is 36.7 Å². The maximum absolute atomic E-state index is 12.2. The summed E-state index contributed by atoms with van der Waals surface area (Å²) in [5, 5.41) is 5.65. The van der Waals surface area contributed by atoms with Crippen molar-refractivity contribution < 1.29 is 4.79 Å². The third kappa shape index (κ3) is 1.82. The van der Waals surface area contributed by atoms with E-state index in [9.17, 15) is 4.79 Å². The Hall–Kier alpha value is -1.36. The van der Waals surface area contributed by atoms with Crippen molar-refractivity contribution >= 4 is 50.5 Å². The standard InChI is InChI=1S/C12H6Cl2N2OS/c13-7-5-15-16(6-7)12(17)11-10(14)8-3-1-2-4-9(8)18-11/h1-6H. The van der Waals surface area contributed by atoms with Gasteiger partial charge in [0.15, 0.2) is 0 Å². The minimum atomic E-state index is -0.270. The fourth-order valence-electron chi connectivity index (χ4n) is 1.67. The lowest BCUT2D eigenvalue weighted by atomic mass is 10.2. The molecule has 3 nitrogen and oxygen atoms in total. The van der Waals surface area contributed by atoms with Gasteiger partial charge in [-0.05, 0) is 6.07 Å². The molecule has 2 aromatic heterocycles. The third-order valence-corrected chi connectivity index (χ3v) is 4.35. The molecule has 3 rings (SSSR count). The van der Waals surface area contributed by atoms with Crippen LogP contribution in [0.25, 0.3) is 10.1 Å². The van der Waals surface area contributed by atoms with Crippen molar-refractivity contribution in [2.75, 3.05) is 0 Å². The first kappa shape index (κ1) is 11.7. The summed E-state index contributed by atoms with van der Waals surface area (Å²) in [7, 11) is 0. The normalized spacial score (nSPS) is 11.0. The van der Waals surface area contributed by atoms with E-state index >= 15 is 0 Å². The van der Waals surface area contributed by atoms with E-state index in [1.54, 1.807) is 0 Å². The quantitative estimate of drug-likeness (QED) is 0.678. The number of carbonyl (C=O) groups excluding carboxylic acids is 1. The van der Waals surface area contributed by atoms with Gasteiger partial charge < -0.3 is 0 Å². The van der Waals surface area contributed by atoms with Gasteiger partial charge in [0.05, 0.1) is 22.4 Å². The predicted molar refractivity (Wildman–Crippen MR) is 73.8 cm³/mol. The van der Waals surface area contributed by atoms with Crippen molar-refractivity contribution in [3.05, 3.63) is 51.6 Å². The van der Waals surface area contributed by atoms with Gasteiger partial charge in [-0.2, -0.15) is 5.10 Å². The van der Waals surface area contributed by atoms with Gasteiger partial charge in [0.1, 0.15) is 4.88 Å². The number of carbonyl (C=O) groups is 1. The largest absolute Gasteiger partial charge is 0.289 e. The van der Waals surface area contributed by atoms with Crippen LogP contribution < -0.4 is 0 Å². The zero-order valence-electron chi connectivity index (χ0n) is 8.93. The molecule has 0 spiro atoms. The third-order valence-electron chi connectivity index (χ3n) is 2.49. The number of thiophene rings is 1. The van der Waals surface area contributed by atoms with Gasteiger partial charge in [-0.1, -0.05) is 41.4 Å². The van der Waals surface area contributed by atoms with Crippen LogP contribution >= 0.6 is 34.5 Å². The van der Waals surface area contributed by atoms with Crippen LogP contribution in [0.2, 0.25) is 10.0 Å². The van der Waals surface area contributed by atoms with Gasteiger partial charge in [0.25, 0.3) is 5.91 Å². The Morgan fingerprint density at radius 2 is 2.06 bits per heavy atom. The summed E-state index contributed by atoms with van der Waals surface area (Å²) in [5.74, 6) is -0.270. The van der Waals surface area contributed by atoms with Crippen molar-refractivity contribution in [2.24, 2.45) is 0 Å². The monoisotopic (exact) mass is 296 g/mol. The SMILES string of the molecule is O=C(c1sc2ccccc2c1Cl)n1cc(Cl)cn1. The van der Waals surface area contributed by atoms with E-state index in [-0.39, 0.29) is 5.91 Å². The van der Waals surface area contributed by atoms with Crippen molar-refractivity contribution in [1.82, 2.24) is 9.78 Å². The van der Waals surface area contributed by atoms with E-state index in [1.165, 1.54) is 28.4 Å². The van der Waals surface area contributed by atoms with Crippen LogP contribution in [-0.4, -0.2) is 15.7 Å². The Morgan fingerprint density at radius 1 is 1.28 bits per heavy atom. The summed E-state index contributed by atoms with van der Waals surface area (Å²) in [6.07, 6.45) is 2.88. The molecule has 0 fully saturated rings. The highest BCUT2D eigenvalue weighted by Gasteiger charge is 2.18. The van der Waals surface area contributed by atoms with Crippen LogP contribution in [0.3, 0.4) is 0 Å². The number of hydrogen-bond acceptors (Lipinski definition) is 3. The Morgan fingerprint density at radius 3 is 2.72 bits per heavy atom. The Kier molecular flexibility index (Phi) is 2.86. The number of benzene rings is 1. The Bertz CT molecular complexity index is 747. The first-order chi connectivity index (χ1) is 8.66. The van der Waals surface area contributed by atoms with E-state index in [4.69, 9.17) is 23.2 Å². The average Bonchev–Trinajstić information content (AvgIpc) is 2.94. The molecule has 0 saturated heterocycles. The minimum absolute atomic E-state index is 0.270. The van der Waals surface area contributed by atoms with Crippen LogP contribution in [0.4, 0.5) is 0 Å². The maximum Gasteiger partial charge on any atom is 0.289 e. The molecule has 3 aromatic rings. The van der Waals surface area contributed by atoms with Crippen LogP contribution in [0.5, 0.6) is 0 Å². The van der Waals surface area contributed by atoms with Crippen LogP contribution in [-0.2, 0) is 0 Å². The molecule has 90 valence electrons. The molecule has 0 unspecified atom stereocenters. The van der Waals surface area contributed by atoms with Gasteiger partial charge >= 0.3 is 0 Å². The second kappa shape index (κ2) is 4.39. The second-order valence-electron chi connectivity index (χ2n) is 3.65. The minimum Gasteiger partial charge on any atom is -0.266 e. The predicted octanol–water partition coefficient (Wildman–Crippen LogP) is 4.09. The van der Waals surface area contributed by atoms with Gasteiger partial charge in [-0.3, -0.25) is 4.79 Å². The van der Waals surface area contributed by atoms with E-state index in [2.05, 4.69) is 5.10 Å². The zero-order valence-corrected chi connectivity index (χ0v) is 11.3. The zero-order chi connectivity index (χ0) is 12.7. The number of halogens is 2. The number of aromatic nitrogens is 2. The van der Waals surface area contributed by atoms with Gasteiger partial charge in [0.2, 0.25) is 0 Å². The fraction of sp³-hybridized carbons (Fsp3) is 0. The molecule has 0 radical (unpaired) electrons. The molecule has 0 aliphatic carbocycles. The summed E-state index contributed by atoms with van der Waals surface area (Å²) >= 11 is 13.3. The molecule has 0 bridgehead atoms. The molecule has 0 aliphatic rings. The van der Waals surface area contributed by atoms with Gasteiger partial charge in [0, 0.05) is 10.1 Å². The van der Waals surface area contributed by atoms with E-state index in [1.807, 2.05) is 24.3 Å². The molecule has 6 heteroatoms. The number of rotatable bonds is 1. The lowest BCUT2D eigenvalue weighted by molar-refractivity contribution is 0.0949. The number of hydrogen-bond donors (Lipinski definition) is 0. The van der Waals surface area contributed by atoms with E-state index in [0.29, 0.717) is 14.9 Å². The molecule has 1 aromatic carbocycles. The summed E-state index contributed by atoms with van der Waals surface area (Å²) in [5.41, 5.74) is 0. The first-order valence-corrected chi connectivity index (χ1v) is 6.66. The highest BCUT2D eigenvalue weighted by atomic mass is 35.5. The van der Waals surface area contributed by atoms with Gasteiger partial charge in [-0.25, -0.2) is 4.68 Å². The highest BCUT2D eigenvalue weighted by Crippen LogP contribution is 2.35. The van der Waals surface area contributed by atoms with Crippen molar-refractivity contribution in [3.63, 3.8) is 0 Å². The van der Waals surface area contributed by atoms with Crippen molar-refractivity contribution in [2.45, 2.75) is 0 Å². The number of fused-ring (bicyclic) bond motifs is 1. The van der Waals surface area contributed by atoms with Crippen LogP contribution in [0.1, 0.15) is 9.67 Å². The lowest BCUT2D eigenvalue weighted by Gasteiger charge is -1.97. The summed E-state index contributed by atoms with van der Waals surface area (Å²) in [6, 6.07) is 7.62. The molecular weight excluding hydrogens is 291 g/mol.